The van der Waals surface area contributed by atoms with Crippen molar-refractivity contribution >= 4 is 29.5 Å². The Bertz CT molecular complexity index is 1130. The third-order valence-electron chi connectivity index (χ3n) is 9.51. The Balaban J connectivity index is 1.71. The molecule has 1 aliphatic carbocycles. The van der Waals surface area contributed by atoms with E-state index in [1.165, 1.54) is 6.42 Å². The van der Waals surface area contributed by atoms with Crippen molar-refractivity contribution in [3.63, 3.8) is 0 Å². The third-order valence-corrected chi connectivity index (χ3v) is 10.5. The van der Waals surface area contributed by atoms with Gasteiger partial charge in [-0.15, -0.1) is 12.3 Å². The quantitative estimate of drug-likeness (QED) is 0.177. The molecule has 3 amide bonds. The number of carbonyl (C=O) groups is 3. The summed E-state index contributed by atoms with van der Waals surface area (Å²) in [5.74, 6) is 3.49. The van der Waals surface area contributed by atoms with Crippen molar-refractivity contribution in [3.8, 4) is 12.3 Å². The molecule has 47 heavy (non-hydrogen) atoms. The zero-order valence-electron chi connectivity index (χ0n) is 28.7. The van der Waals surface area contributed by atoms with Gasteiger partial charge in [0.2, 0.25) is 17.7 Å². The van der Waals surface area contributed by atoms with Crippen molar-refractivity contribution < 1.29 is 24.6 Å². The van der Waals surface area contributed by atoms with Gasteiger partial charge in [-0.3, -0.25) is 19.3 Å². The first-order chi connectivity index (χ1) is 22.6. The van der Waals surface area contributed by atoms with Crippen LogP contribution in [0.1, 0.15) is 77.2 Å². The fourth-order valence-corrected chi connectivity index (χ4v) is 7.60. The Morgan fingerprint density at radius 1 is 1.04 bits per heavy atom. The molecular weight excluding hydrogens is 612 g/mol. The van der Waals surface area contributed by atoms with Gasteiger partial charge in [0.25, 0.3) is 0 Å². The number of thioether (sulfide) groups is 1. The Morgan fingerprint density at radius 2 is 1.72 bits per heavy atom. The maximum absolute atomic E-state index is 13.8. The number of amides is 3. The second-order valence-corrected chi connectivity index (χ2v) is 15.1. The Kier molecular flexibility index (Phi) is 17.1. The zero-order valence-corrected chi connectivity index (χ0v) is 29.6. The molecule has 3 rings (SSSR count). The topological polar surface area (TPSA) is 122 Å². The number of nitrogens with zero attached hydrogens (tertiary/aromatic N) is 2. The van der Waals surface area contributed by atoms with Crippen molar-refractivity contribution in [2.75, 3.05) is 44.7 Å². The molecule has 2 aliphatic rings. The highest BCUT2D eigenvalue weighted by Gasteiger charge is 2.34. The number of nitrogens with one attached hydrogen (secondary N) is 2. The lowest BCUT2D eigenvalue weighted by Gasteiger charge is -2.33. The first kappa shape index (κ1) is 38.9. The Morgan fingerprint density at radius 3 is 2.36 bits per heavy atom. The molecule has 10 heteroatoms. The summed E-state index contributed by atoms with van der Waals surface area (Å²) in [6.45, 7) is 7.36. The fourth-order valence-electron chi connectivity index (χ4n) is 6.62. The van der Waals surface area contributed by atoms with Gasteiger partial charge in [0.15, 0.2) is 0 Å². The van der Waals surface area contributed by atoms with Gasteiger partial charge in [-0.2, -0.15) is 11.8 Å². The molecule has 0 radical (unpaired) electrons. The molecule has 1 aromatic carbocycles. The highest BCUT2D eigenvalue weighted by molar-refractivity contribution is 7.99. The average molecular weight is 671 g/mol. The van der Waals surface area contributed by atoms with E-state index in [2.05, 4.69) is 21.5 Å². The number of aliphatic hydroxyl groups excluding tert-OH is 2. The molecule has 0 bridgehead atoms. The monoisotopic (exact) mass is 670 g/mol. The van der Waals surface area contributed by atoms with Crippen LogP contribution in [0.4, 0.5) is 0 Å². The lowest BCUT2D eigenvalue weighted by Crippen LogP contribution is -2.56. The Hall–Kier alpha value is -2.58. The second kappa shape index (κ2) is 20.7. The first-order valence-corrected chi connectivity index (χ1v) is 18.7. The van der Waals surface area contributed by atoms with Crippen LogP contribution in [0.2, 0.25) is 0 Å². The molecule has 1 saturated carbocycles. The van der Waals surface area contributed by atoms with Gasteiger partial charge in [0.05, 0.1) is 18.1 Å². The van der Waals surface area contributed by atoms with Crippen molar-refractivity contribution in [2.24, 2.45) is 17.8 Å². The summed E-state index contributed by atoms with van der Waals surface area (Å²) in [6.07, 6.45) is 10.2. The van der Waals surface area contributed by atoms with E-state index in [9.17, 15) is 24.6 Å². The number of terminal acetylenes is 1. The van der Waals surface area contributed by atoms with Crippen LogP contribution >= 0.6 is 11.8 Å². The predicted octanol–water partition coefficient (Wildman–Crippen LogP) is 3.47. The van der Waals surface area contributed by atoms with Crippen molar-refractivity contribution in [2.45, 2.75) is 102 Å². The summed E-state index contributed by atoms with van der Waals surface area (Å²) in [5, 5.41) is 27.8. The Labute approximate surface area is 287 Å². The number of aliphatic hydroxyl groups is 2. The molecule has 262 valence electrons. The lowest BCUT2D eigenvalue weighted by atomic mass is 9.82. The molecule has 1 saturated heterocycles. The number of carbonyl (C=O) groups excluding carboxylic acids is 3. The number of hydrogen-bond donors (Lipinski definition) is 4. The van der Waals surface area contributed by atoms with Crippen LogP contribution in [0.25, 0.3) is 0 Å². The minimum atomic E-state index is -1.15. The van der Waals surface area contributed by atoms with E-state index in [1.54, 1.807) is 11.9 Å². The maximum Gasteiger partial charge on any atom is 0.243 e. The predicted molar refractivity (Wildman–Crippen MR) is 190 cm³/mol. The van der Waals surface area contributed by atoms with Gasteiger partial charge >= 0.3 is 0 Å². The summed E-state index contributed by atoms with van der Waals surface area (Å²) in [6, 6.07) is 7.83. The van der Waals surface area contributed by atoms with Crippen LogP contribution < -0.4 is 10.6 Å². The number of benzene rings is 1. The van der Waals surface area contributed by atoms with Crippen molar-refractivity contribution in [1.29, 1.82) is 0 Å². The summed E-state index contributed by atoms with van der Waals surface area (Å²) in [7, 11) is 1.78. The van der Waals surface area contributed by atoms with E-state index in [0.29, 0.717) is 31.7 Å². The molecule has 0 spiro atoms. The summed E-state index contributed by atoms with van der Waals surface area (Å²) < 4.78 is 0. The first-order valence-electron chi connectivity index (χ1n) is 17.6. The molecule has 4 N–H and O–H groups in total. The van der Waals surface area contributed by atoms with E-state index in [1.807, 2.05) is 55.9 Å². The molecule has 1 aliphatic heterocycles. The minimum absolute atomic E-state index is 0.00187. The second-order valence-electron chi connectivity index (χ2n) is 13.9. The van der Waals surface area contributed by atoms with Crippen molar-refractivity contribution in [3.05, 3.63) is 35.9 Å². The molecule has 0 unspecified atom stereocenters. The van der Waals surface area contributed by atoms with Gasteiger partial charge in [-0.25, -0.2) is 0 Å². The highest BCUT2D eigenvalue weighted by Crippen LogP contribution is 2.29. The molecule has 1 heterocycles. The largest absolute Gasteiger partial charge is 0.390 e. The number of likely N-dealkylation sites (N-methyl/N-ethyl adjacent to an activating group) is 1. The van der Waals surface area contributed by atoms with Crippen LogP contribution in [0.15, 0.2) is 30.3 Å². The molecular formula is C37H58N4O5S. The number of rotatable bonds is 18. The molecule has 0 aromatic heterocycles. The van der Waals surface area contributed by atoms with Crippen LogP contribution in [0.5, 0.6) is 0 Å². The maximum atomic E-state index is 13.8. The van der Waals surface area contributed by atoms with E-state index < -0.39 is 42.0 Å². The van der Waals surface area contributed by atoms with Gasteiger partial charge in [0, 0.05) is 57.6 Å². The normalized spacial score (nSPS) is 19.2. The smallest absolute Gasteiger partial charge is 0.243 e. The van der Waals surface area contributed by atoms with E-state index in [-0.39, 0.29) is 24.7 Å². The van der Waals surface area contributed by atoms with Gasteiger partial charge in [-0.1, -0.05) is 76.3 Å². The van der Waals surface area contributed by atoms with Gasteiger partial charge < -0.3 is 25.7 Å². The molecule has 5 atom stereocenters. The van der Waals surface area contributed by atoms with E-state index in [4.69, 9.17) is 6.42 Å². The number of hydrogen-bond acceptors (Lipinski definition) is 7. The van der Waals surface area contributed by atoms with Crippen LogP contribution in [0.3, 0.4) is 0 Å². The fraction of sp³-hybridized carbons (Fsp3) is 0.703. The molecule has 1 aromatic rings. The van der Waals surface area contributed by atoms with E-state index in [0.717, 1.165) is 62.4 Å². The summed E-state index contributed by atoms with van der Waals surface area (Å²) in [5.41, 5.74) is 0.918. The standard InChI is InChI=1S/C37H58N4O5S/c1-5-12-31(37(46)39-32(25-29-15-10-7-11-16-29)35(44)33(42)23-27(2)3)38-36(45)30(24-28-13-8-6-9-14-28)26-34(43)40(4)17-18-41-19-21-47-22-20-41/h1,6,8-9,13-14,27,29-33,35,42,44H,7,10-12,15-26H2,2-4H3,(H,38,45)(H,39,46)/t30-,31+,32+,33+,35-/m1/s1. The SMILES string of the molecule is C#CC[C@H](NC(=O)[C@@H](CC(=O)N(C)CCN1CCSCC1)Cc1ccccc1)C(=O)N[C@@H](CC1CCCCC1)[C@@H](O)[C@@H](O)CC(C)C. The van der Waals surface area contributed by atoms with Crippen molar-refractivity contribution in [1.82, 2.24) is 20.4 Å². The summed E-state index contributed by atoms with van der Waals surface area (Å²) in [4.78, 5) is 45.0. The molecule has 9 nitrogen and oxygen atoms in total. The average Bonchev–Trinajstić information content (AvgIpc) is 3.07. The highest BCUT2D eigenvalue weighted by atomic mass is 32.2. The van der Waals surface area contributed by atoms with Gasteiger partial charge in [0.1, 0.15) is 12.1 Å². The van der Waals surface area contributed by atoms with Crippen LogP contribution in [-0.2, 0) is 20.8 Å². The van der Waals surface area contributed by atoms with Crippen LogP contribution in [0, 0.1) is 30.1 Å². The minimum Gasteiger partial charge on any atom is -0.390 e. The molecule has 2 fully saturated rings. The third kappa shape index (κ3) is 13.8. The zero-order chi connectivity index (χ0) is 34.2. The van der Waals surface area contributed by atoms with Gasteiger partial charge in [-0.05, 0) is 36.7 Å². The van der Waals surface area contributed by atoms with E-state index >= 15 is 0 Å². The van der Waals surface area contributed by atoms with Crippen LogP contribution in [-0.4, -0.2) is 107 Å². The summed E-state index contributed by atoms with van der Waals surface area (Å²) >= 11 is 1.95. The lowest BCUT2D eigenvalue weighted by molar-refractivity contribution is -0.137.